The van der Waals surface area contributed by atoms with Gasteiger partial charge in [0.1, 0.15) is 37.1 Å². The molecular formula is C25H37N3O20P2S2. The van der Waals surface area contributed by atoms with Gasteiger partial charge in [0.05, 0.1) is 6.61 Å². The molecule has 7 unspecified atom stereocenters. The lowest BCUT2D eigenvalue weighted by molar-refractivity contribution is -0.259. The minimum Gasteiger partial charge on any atom is -0.463 e. The molecule has 2 saturated heterocycles. The van der Waals surface area contributed by atoms with E-state index in [1.54, 1.807) is 6.26 Å². The third-order valence-corrected chi connectivity index (χ3v) is 11.3. The van der Waals surface area contributed by atoms with Gasteiger partial charge in [0, 0.05) is 45.2 Å². The highest BCUT2D eigenvalue weighted by Gasteiger charge is 2.54. The van der Waals surface area contributed by atoms with Crippen molar-refractivity contribution in [1.29, 1.82) is 0 Å². The van der Waals surface area contributed by atoms with E-state index < -0.39 is 119 Å². The van der Waals surface area contributed by atoms with E-state index in [0.717, 1.165) is 33.0 Å². The number of nitrogens with zero attached hydrogens (tertiary/aromatic N) is 1. The molecule has 27 heteroatoms. The minimum absolute atomic E-state index is 0.148. The highest BCUT2D eigenvalue weighted by Crippen LogP contribution is 2.61. The first-order valence-electron chi connectivity index (χ1n) is 14.8. The van der Waals surface area contributed by atoms with Crippen LogP contribution in [-0.4, -0.2) is 128 Å². The van der Waals surface area contributed by atoms with Gasteiger partial charge >= 0.3 is 39.2 Å². The second-order valence-electron chi connectivity index (χ2n) is 10.8. The number of phosphoric acid groups is 2. The number of H-pyrrole nitrogens is 1. The lowest BCUT2D eigenvalue weighted by atomic mass is 9.96. The Hall–Kier alpha value is -2.64. The summed E-state index contributed by atoms with van der Waals surface area (Å²) in [5, 5.41) is 23.2. The third-order valence-electron chi connectivity index (χ3n) is 6.87. The Labute approximate surface area is 301 Å². The molecule has 1 aromatic heterocycles. The summed E-state index contributed by atoms with van der Waals surface area (Å²) in [6.07, 6.45) is -11.5. The van der Waals surface area contributed by atoms with E-state index in [0.29, 0.717) is 4.57 Å². The molecule has 2 aliphatic rings. The maximum atomic E-state index is 13.1. The van der Waals surface area contributed by atoms with Gasteiger partial charge in [0.15, 0.2) is 24.7 Å². The van der Waals surface area contributed by atoms with E-state index in [1.807, 2.05) is 4.98 Å². The maximum absolute atomic E-state index is 13.1. The smallest absolute Gasteiger partial charge is 0.463 e. The van der Waals surface area contributed by atoms with Gasteiger partial charge in [0.2, 0.25) is 5.91 Å². The molecule has 52 heavy (non-hydrogen) atoms. The van der Waals surface area contributed by atoms with Crippen LogP contribution in [0, 0.1) is 0 Å². The van der Waals surface area contributed by atoms with Crippen LogP contribution in [0.25, 0.3) is 0 Å². The second-order valence-corrected chi connectivity index (χ2v) is 16.5. The number of phosphoric ester groups is 2. The summed E-state index contributed by atoms with van der Waals surface area (Å²) in [7, 11) is -8.84. The molecule has 6 N–H and O–H groups in total. The number of hydrogen-bond donors (Lipinski definition) is 6. The Morgan fingerprint density at radius 2 is 1.60 bits per heavy atom. The van der Waals surface area contributed by atoms with Crippen LogP contribution >= 0.6 is 37.2 Å². The van der Waals surface area contributed by atoms with Crippen LogP contribution in [0.15, 0.2) is 21.9 Å². The molecule has 1 amide bonds. The van der Waals surface area contributed by atoms with Crippen LogP contribution in [0.5, 0.6) is 0 Å². The third kappa shape index (κ3) is 12.7. The van der Waals surface area contributed by atoms with Gasteiger partial charge in [-0.3, -0.25) is 42.6 Å². The Bertz CT molecular complexity index is 1660. The van der Waals surface area contributed by atoms with Gasteiger partial charge in [-0.25, -0.2) is 13.9 Å². The second kappa shape index (κ2) is 19.1. The number of hydrogen-bond acceptors (Lipinski definition) is 20. The first-order valence-corrected chi connectivity index (χ1v) is 20.6. The number of ether oxygens (including phenoxy) is 5. The zero-order valence-corrected chi connectivity index (χ0v) is 31.1. The van der Waals surface area contributed by atoms with Gasteiger partial charge in [-0.15, -0.1) is 0 Å². The molecule has 0 aromatic carbocycles. The Balaban J connectivity index is 1.83. The van der Waals surface area contributed by atoms with E-state index in [9.17, 15) is 57.9 Å². The average Bonchev–Trinajstić information content (AvgIpc) is 3.29. The van der Waals surface area contributed by atoms with E-state index in [1.165, 1.54) is 21.6 Å². The SMILES string of the molecule is CSSCCC(=O)NC1C(OP(=O)(O)OP(=O)(O)OC[C@H]2O[C@@H](n3ccc(=O)[nH]c3=O)[C@@H](O)[C@H]2O)OC(COC(C)=O)C(OC(C)=O)C1OC(C)=O. The Morgan fingerprint density at radius 3 is 2.19 bits per heavy atom. The van der Waals surface area contributed by atoms with Gasteiger partial charge < -0.3 is 49.0 Å². The van der Waals surface area contributed by atoms with E-state index in [-0.39, 0.29) is 12.2 Å². The maximum Gasteiger partial charge on any atom is 0.483 e. The normalized spacial score (nSPS) is 29.7. The fraction of sp³-hybridized carbons (Fsp3) is 0.680. The Kier molecular flexibility index (Phi) is 16.1. The molecule has 0 radical (unpaired) electrons. The molecule has 294 valence electrons. The molecule has 0 saturated carbocycles. The summed E-state index contributed by atoms with van der Waals surface area (Å²) >= 11 is 0. The van der Waals surface area contributed by atoms with Crippen molar-refractivity contribution in [3.63, 3.8) is 0 Å². The minimum atomic E-state index is -5.83. The van der Waals surface area contributed by atoms with E-state index in [2.05, 4.69) is 9.63 Å². The first kappa shape index (κ1) is 43.8. The van der Waals surface area contributed by atoms with Crippen molar-refractivity contribution in [2.75, 3.05) is 25.2 Å². The van der Waals surface area contributed by atoms with Crippen molar-refractivity contribution in [2.45, 2.75) is 82.4 Å². The lowest BCUT2D eigenvalue weighted by Crippen LogP contribution is -2.66. The summed E-state index contributed by atoms with van der Waals surface area (Å²) in [4.78, 5) is 94.9. The zero-order chi connectivity index (χ0) is 39.0. The number of esters is 3. The standard InChI is InChI=1S/C25H37N3O20P2S2/c1-11(29)41-9-15-21(43-12(2)30)22(44-13(3)31)18(26-17(33)6-8-52-51-4)24(46-15)47-50(39,40)48-49(37,38)42-10-14-19(34)20(35)23(45-14)28-7-5-16(32)27-25(28)36/h5,7,14-15,18-24,34-35H,6,8-10H2,1-4H3,(H,26,33)(H,37,38)(H,39,40)(H,27,32,36)/t14-,15?,18?,19+,20+,21?,22?,23-,24?/m1/s1. The summed E-state index contributed by atoms with van der Waals surface area (Å²) in [6, 6.07) is -0.851. The van der Waals surface area contributed by atoms with Gasteiger partial charge in [-0.05, 0) is 6.26 Å². The molecule has 3 rings (SSSR count). The molecular weight excluding hydrogens is 788 g/mol. The lowest BCUT2D eigenvalue weighted by Gasteiger charge is -2.45. The Morgan fingerprint density at radius 1 is 0.942 bits per heavy atom. The number of aromatic nitrogens is 2. The molecule has 2 aliphatic heterocycles. The number of nitrogens with one attached hydrogen (secondary N) is 2. The fourth-order valence-corrected chi connectivity index (χ4v) is 8.17. The quantitative estimate of drug-likeness (QED) is 0.0340. The summed E-state index contributed by atoms with van der Waals surface area (Å²) in [5.41, 5.74) is -1.80. The number of aromatic amines is 1. The number of aliphatic hydroxyl groups excluding tert-OH is 2. The van der Waals surface area contributed by atoms with Crippen LogP contribution in [0.1, 0.15) is 33.4 Å². The highest BCUT2D eigenvalue weighted by atomic mass is 33.1. The predicted molar refractivity (Wildman–Crippen MR) is 174 cm³/mol. The van der Waals surface area contributed by atoms with Crippen molar-refractivity contribution < 1.29 is 85.4 Å². The summed E-state index contributed by atoms with van der Waals surface area (Å²) < 4.78 is 67.3. The first-order chi connectivity index (χ1) is 24.2. The molecule has 0 bridgehead atoms. The van der Waals surface area contributed by atoms with E-state index >= 15 is 0 Å². The highest BCUT2D eigenvalue weighted by molar-refractivity contribution is 8.76. The van der Waals surface area contributed by atoms with Gasteiger partial charge in [0.25, 0.3) is 5.56 Å². The number of carbonyl (C=O) groups is 4. The van der Waals surface area contributed by atoms with Crippen LogP contribution in [-0.2, 0) is 65.4 Å². The van der Waals surface area contributed by atoms with Gasteiger partial charge in [-0.2, -0.15) is 4.31 Å². The number of rotatable bonds is 17. The molecule has 2 fully saturated rings. The molecule has 23 nitrogen and oxygen atoms in total. The van der Waals surface area contributed by atoms with E-state index in [4.69, 9.17) is 32.7 Å². The van der Waals surface area contributed by atoms with Crippen molar-refractivity contribution in [3.05, 3.63) is 33.1 Å². The van der Waals surface area contributed by atoms with Crippen molar-refractivity contribution in [3.8, 4) is 0 Å². The number of carbonyl (C=O) groups excluding carboxylic acids is 4. The van der Waals surface area contributed by atoms with Crippen LogP contribution in [0.3, 0.4) is 0 Å². The van der Waals surface area contributed by atoms with Crippen LogP contribution < -0.4 is 16.6 Å². The number of aliphatic hydroxyl groups is 2. The molecule has 11 atom stereocenters. The fourth-order valence-electron chi connectivity index (χ4n) is 4.82. The number of amides is 1. The molecule has 0 aliphatic carbocycles. The van der Waals surface area contributed by atoms with Crippen molar-refractivity contribution in [1.82, 2.24) is 14.9 Å². The predicted octanol–water partition coefficient (Wildman–Crippen LogP) is -1.56. The van der Waals surface area contributed by atoms with Crippen LogP contribution in [0.2, 0.25) is 0 Å². The molecule has 3 heterocycles. The van der Waals surface area contributed by atoms with Gasteiger partial charge in [-0.1, -0.05) is 21.6 Å². The van der Waals surface area contributed by atoms with Crippen LogP contribution in [0.4, 0.5) is 0 Å². The van der Waals surface area contributed by atoms with Crippen molar-refractivity contribution in [2.24, 2.45) is 0 Å². The molecule has 0 spiro atoms. The molecule has 1 aromatic rings. The summed E-state index contributed by atoms with van der Waals surface area (Å²) in [6.45, 7) is 1.16. The zero-order valence-electron chi connectivity index (χ0n) is 27.7. The topological polar surface area (TPSA) is 324 Å². The summed E-state index contributed by atoms with van der Waals surface area (Å²) in [5.74, 6) is -3.22. The largest absolute Gasteiger partial charge is 0.483 e. The average molecular weight is 826 g/mol. The van der Waals surface area contributed by atoms with Crippen molar-refractivity contribution >= 4 is 61.0 Å². The monoisotopic (exact) mass is 825 g/mol.